The molecule has 22 heavy (non-hydrogen) atoms. The van der Waals surface area contributed by atoms with Crippen molar-refractivity contribution in [2.75, 3.05) is 32.8 Å². The molecule has 0 aromatic rings. The van der Waals surface area contributed by atoms with Crippen molar-refractivity contribution in [3.05, 3.63) is 0 Å². The van der Waals surface area contributed by atoms with Crippen molar-refractivity contribution in [2.24, 2.45) is 0 Å². The minimum atomic E-state index is -0.934. The van der Waals surface area contributed by atoms with Crippen LogP contribution in [-0.2, 0) is 4.74 Å². The summed E-state index contributed by atoms with van der Waals surface area (Å²) < 4.78 is 5.02. The normalized spacial score (nSPS) is 21.0. The van der Waals surface area contributed by atoms with Gasteiger partial charge in [-0.25, -0.2) is 9.59 Å². The number of carboxylic acid groups (broad SMARTS) is 1. The number of nitrogens with one attached hydrogen (secondary N) is 1. The van der Waals surface area contributed by atoms with Crippen molar-refractivity contribution in [1.82, 2.24) is 15.1 Å². The number of hydrogen-bond acceptors (Lipinski definition) is 4. The van der Waals surface area contributed by atoms with Crippen LogP contribution in [0.25, 0.3) is 0 Å². The first-order chi connectivity index (χ1) is 10.1. The predicted octanol–water partition coefficient (Wildman–Crippen LogP) is 1.76. The third-order valence-electron chi connectivity index (χ3n) is 4.36. The average Bonchev–Trinajstić information content (AvgIpc) is 2.48. The molecule has 2 heterocycles. The third kappa shape index (κ3) is 5.21. The SMILES string of the molecule is CCOC(=O)N1CCC(N2CCC(NC(=O)O)CC2)CC1.Cl. The summed E-state index contributed by atoms with van der Waals surface area (Å²) in [5.41, 5.74) is 0. The van der Waals surface area contributed by atoms with Gasteiger partial charge in [-0.1, -0.05) is 0 Å². The molecule has 0 atom stereocenters. The lowest BCUT2D eigenvalue weighted by Crippen LogP contribution is -2.51. The molecule has 0 saturated carbocycles. The number of hydrogen-bond donors (Lipinski definition) is 2. The monoisotopic (exact) mass is 335 g/mol. The molecule has 8 heteroatoms. The zero-order valence-corrected chi connectivity index (χ0v) is 13.8. The minimum Gasteiger partial charge on any atom is -0.465 e. The van der Waals surface area contributed by atoms with E-state index in [-0.39, 0.29) is 24.5 Å². The molecule has 0 unspecified atom stereocenters. The first-order valence-corrected chi connectivity index (χ1v) is 7.75. The smallest absolute Gasteiger partial charge is 0.409 e. The van der Waals surface area contributed by atoms with E-state index in [9.17, 15) is 9.59 Å². The molecule has 0 spiro atoms. The van der Waals surface area contributed by atoms with Gasteiger partial charge in [-0.2, -0.15) is 0 Å². The molecule has 2 amide bonds. The maximum absolute atomic E-state index is 11.7. The van der Waals surface area contributed by atoms with Crippen LogP contribution >= 0.6 is 12.4 Å². The zero-order valence-electron chi connectivity index (χ0n) is 13.0. The van der Waals surface area contributed by atoms with Crippen LogP contribution in [-0.4, -0.2) is 72.0 Å². The predicted molar refractivity (Wildman–Crippen MR) is 84.6 cm³/mol. The first kappa shape index (κ1) is 18.8. The van der Waals surface area contributed by atoms with Crippen LogP contribution in [0.4, 0.5) is 9.59 Å². The van der Waals surface area contributed by atoms with Gasteiger partial charge in [0.1, 0.15) is 0 Å². The standard InChI is InChI=1S/C14H25N3O4.ClH/c1-2-21-14(20)17-9-5-12(6-10-17)16-7-3-11(4-8-16)15-13(18)19;/h11-12,15H,2-10H2,1H3,(H,18,19);1H. The number of likely N-dealkylation sites (tertiary alicyclic amines) is 2. The van der Waals surface area contributed by atoms with Crippen LogP contribution in [0.5, 0.6) is 0 Å². The van der Waals surface area contributed by atoms with Gasteiger partial charge in [0.05, 0.1) is 6.61 Å². The van der Waals surface area contributed by atoms with E-state index >= 15 is 0 Å². The molecule has 0 bridgehead atoms. The minimum absolute atomic E-state index is 0. The largest absolute Gasteiger partial charge is 0.465 e. The van der Waals surface area contributed by atoms with E-state index in [1.165, 1.54) is 0 Å². The molecule has 0 aromatic carbocycles. The Hall–Kier alpha value is -1.21. The highest BCUT2D eigenvalue weighted by Crippen LogP contribution is 2.21. The molecule has 0 radical (unpaired) electrons. The Morgan fingerprint density at radius 1 is 1.14 bits per heavy atom. The number of rotatable bonds is 3. The Morgan fingerprint density at radius 2 is 1.73 bits per heavy atom. The van der Waals surface area contributed by atoms with E-state index in [1.54, 1.807) is 4.90 Å². The molecular formula is C14H26ClN3O4. The lowest BCUT2D eigenvalue weighted by molar-refractivity contribution is 0.0647. The molecular weight excluding hydrogens is 310 g/mol. The number of amides is 2. The van der Waals surface area contributed by atoms with Crippen molar-refractivity contribution >= 4 is 24.6 Å². The number of piperidine rings is 2. The average molecular weight is 336 g/mol. The van der Waals surface area contributed by atoms with Crippen molar-refractivity contribution < 1.29 is 19.4 Å². The maximum Gasteiger partial charge on any atom is 0.409 e. The Morgan fingerprint density at radius 3 is 2.23 bits per heavy atom. The summed E-state index contributed by atoms with van der Waals surface area (Å²) in [6, 6.07) is 0.583. The summed E-state index contributed by atoms with van der Waals surface area (Å²) in [6.45, 7) is 5.58. The fourth-order valence-electron chi connectivity index (χ4n) is 3.21. The number of ether oxygens (including phenoxy) is 1. The van der Waals surface area contributed by atoms with Crippen molar-refractivity contribution in [3.63, 3.8) is 0 Å². The van der Waals surface area contributed by atoms with Crippen LogP contribution < -0.4 is 5.32 Å². The van der Waals surface area contributed by atoms with Crippen LogP contribution in [0, 0.1) is 0 Å². The zero-order chi connectivity index (χ0) is 15.2. The van der Waals surface area contributed by atoms with E-state index in [1.807, 2.05) is 6.92 Å². The summed E-state index contributed by atoms with van der Waals surface area (Å²) in [6.07, 6.45) is 2.53. The van der Waals surface area contributed by atoms with E-state index < -0.39 is 6.09 Å². The van der Waals surface area contributed by atoms with Crippen LogP contribution in [0.2, 0.25) is 0 Å². The summed E-state index contributed by atoms with van der Waals surface area (Å²) in [5, 5.41) is 11.3. The van der Waals surface area contributed by atoms with Gasteiger partial charge in [-0.3, -0.25) is 0 Å². The Kier molecular flexibility index (Phi) is 7.75. The third-order valence-corrected chi connectivity index (χ3v) is 4.36. The van der Waals surface area contributed by atoms with Gasteiger partial charge in [0.2, 0.25) is 0 Å². The van der Waals surface area contributed by atoms with E-state index in [0.29, 0.717) is 12.6 Å². The van der Waals surface area contributed by atoms with E-state index in [0.717, 1.165) is 51.9 Å². The molecule has 2 fully saturated rings. The molecule has 0 aromatic heterocycles. The number of carbonyl (C=O) groups is 2. The molecule has 2 N–H and O–H groups in total. The van der Waals surface area contributed by atoms with Crippen LogP contribution in [0.3, 0.4) is 0 Å². The second kappa shape index (κ2) is 9.05. The van der Waals surface area contributed by atoms with Crippen molar-refractivity contribution in [3.8, 4) is 0 Å². The second-order valence-corrected chi connectivity index (χ2v) is 5.68. The summed E-state index contributed by atoms with van der Waals surface area (Å²) in [5.74, 6) is 0. The highest BCUT2D eigenvalue weighted by Gasteiger charge is 2.30. The van der Waals surface area contributed by atoms with Gasteiger partial charge in [0, 0.05) is 38.3 Å². The van der Waals surface area contributed by atoms with Gasteiger partial charge < -0.3 is 25.0 Å². The van der Waals surface area contributed by atoms with Crippen molar-refractivity contribution in [2.45, 2.75) is 44.7 Å². The van der Waals surface area contributed by atoms with E-state index in [4.69, 9.17) is 9.84 Å². The first-order valence-electron chi connectivity index (χ1n) is 7.75. The van der Waals surface area contributed by atoms with Gasteiger partial charge in [0.15, 0.2) is 0 Å². The van der Waals surface area contributed by atoms with Gasteiger partial charge in [-0.15, -0.1) is 12.4 Å². The summed E-state index contributed by atoms with van der Waals surface area (Å²) in [7, 11) is 0. The molecule has 2 rings (SSSR count). The maximum atomic E-state index is 11.7. The lowest BCUT2D eigenvalue weighted by Gasteiger charge is -2.41. The highest BCUT2D eigenvalue weighted by molar-refractivity contribution is 5.85. The second-order valence-electron chi connectivity index (χ2n) is 5.68. The fourth-order valence-corrected chi connectivity index (χ4v) is 3.21. The molecule has 7 nitrogen and oxygen atoms in total. The summed E-state index contributed by atoms with van der Waals surface area (Å²) in [4.78, 5) is 26.5. The fraction of sp³-hybridized carbons (Fsp3) is 0.857. The van der Waals surface area contributed by atoms with Gasteiger partial charge in [-0.05, 0) is 32.6 Å². The topological polar surface area (TPSA) is 82.1 Å². The molecule has 0 aliphatic carbocycles. The number of nitrogens with zero attached hydrogens (tertiary/aromatic N) is 2. The highest BCUT2D eigenvalue weighted by atomic mass is 35.5. The van der Waals surface area contributed by atoms with E-state index in [2.05, 4.69) is 10.2 Å². The number of halogens is 1. The Bertz CT molecular complexity index is 367. The number of carbonyl (C=O) groups excluding carboxylic acids is 1. The lowest BCUT2D eigenvalue weighted by atomic mass is 9.98. The Balaban J connectivity index is 0.00000242. The molecule has 2 saturated heterocycles. The van der Waals surface area contributed by atoms with Gasteiger partial charge >= 0.3 is 12.2 Å². The molecule has 2 aliphatic heterocycles. The molecule has 128 valence electrons. The van der Waals surface area contributed by atoms with Crippen LogP contribution in [0.1, 0.15) is 32.6 Å². The summed E-state index contributed by atoms with van der Waals surface area (Å²) >= 11 is 0. The van der Waals surface area contributed by atoms with Crippen molar-refractivity contribution in [1.29, 1.82) is 0 Å². The Labute approximate surface area is 137 Å². The quantitative estimate of drug-likeness (QED) is 0.821. The van der Waals surface area contributed by atoms with Gasteiger partial charge in [0.25, 0.3) is 0 Å². The van der Waals surface area contributed by atoms with Crippen LogP contribution in [0.15, 0.2) is 0 Å². The molecule has 2 aliphatic rings.